The highest BCUT2D eigenvalue weighted by atomic mass is 32.2. The van der Waals surface area contributed by atoms with E-state index in [1.165, 1.54) is 9.44 Å². The van der Waals surface area contributed by atoms with Crippen LogP contribution in [0.25, 0.3) is 0 Å². The van der Waals surface area contributed by atoms with E-state index in [-0.39, 0.29) is 6.54 Å². The van der Waals surface area contributed by atoms with Gasteiger partial charge in [0.2, 0.25) is 10.0 Å². The Bertz CT molecular complexity index is 959. The average Bonchev–Trinajstić information content (AvgIpc) is 2.91. The van der Waals surface area contributed by atoms with Gasteiger partial charge in [0.1, 0.15) is 6.04 Å². The number of sulfonamides is 1. The van der Waals surface area contributed by atoms with E-state index in [2.05, 4.69) is 0 Å². The molecule has 0 aliphatic carbocycles. The molecule has 16 nitrogen and oxygen atoms in total. The van der Waals surface area contributed by atoms with Gasteiger partial charge in [0.05, 0.1) is 25.9 Å². The van der Waals surface area contributed by atoms with E-state index in [1.54, 1.807) is 5.32 Å². The van der Waals surface area contributed by atoms with Gasteiger partial charge in [0, 0.05) is 0 Å². The molecule has 2 rings (SSSR count). The maximum absolute atomic E-state index is 11.9. The Labute approximate surface area is 157 Å². The highest BCUT2D eigenvalue weighted by Gasteiger charge is 2.44. The van der Waals surface area contributed by atoms with Crippen LogP contribution in [0, 0.1) is 0 Å². The van der Waals surface area contributed by atoms with Gasteiger partial charge in [-0.25, -0.2) is 46.2 Å². The van der Waals surface area contributed by atoms with Crippen molar-refractivity contribution >= 4 is 50.3 Å². The third-order valence-electron chi connectivity index (χ3n) is 3.53. The molecule has 2 fully saturated rings. The van der Waals surface area contributed by atoms with Crippen molar-refractivity contribution in [2.45, 2.75) is 6.04 Å². The van der Waals surface area contributed by atoms with E-state index < -0.39 is 69.5 Å². The fourth-order valence-corrected chi connectivity index (χ4v) is 3.77. The summed E-state index contributed by atoms with van der Waals surface area (Å²) < 4.78 is 49.4. The van der Waals surface area contributed by atoms with Crippen molar-refractivity contribution in [3.05, 3.63) is 0 Å². The molecule has 0 radical (unpaired) electrons. The zero-order valence-corrected chi connectivity index (χ0v) is 15.6. The molecule has 18 heteroatoms. The number of rotatable bonds is 4. The van der Waals surface area contributed by atoms with Crippen LogP contribution in [0.2, 0.25) is 0 Å². The van der Waals surface area contributed by atoms with Crippen molar-refractivity contribution in [2.24, 2.45) is 0 Å². The number of amides is 8. The molecule has 0 spiro atoms. The number of nitrogens with zero attached hydrogens (tertiary/aromatic N) is 3. The first-order chi connectivity index (χ1) is 12.7. The number of likely N-dealkylation sites (tertiary alicyclic amines) is 1. The van der Waals surface area contributed by atoms with Crippen LogP contribution in [-0.4, -0.2) is 98.1 Å². The topological polar surface area (TPSA) is 220 Å². The Kier molecular flexibility index (Phi) is 5.37. The lowest BCUT2D eigenvalue weighted by molar-refractivity contribution is -0.138. The lowest BCUT2D eigenvalue weighted by atomic mass is 10.1. The van der Waals surface area contributed by atoms with Gasteiger partial charge in [-0.15, -0.1) is 0 Å². The molecule has 2 heterocycles. The highest BCUT2D eigenvalue weighted by molar-refractivity contribution is 7.89. The summed E-state index contributed by atoms with van der Waals surface area (Å²) in [6.45, 7) is -1.24. The van der Waals surface area contributed by atoms with Crippen LogP contribution >= 0.6 is 0 Å². The number of hydrogen-bond acceptors (Lipinski definition) is 9. The predicted octanol–water partition coefficient (Wildman–Crippen LogP) is -3.17. The lowest BCUT2D eigenvalue weighted by Crippen LogP contribution is -2.67. The van der Waals surface area contributed by atoms with Crippen molar-refractivity contribution in [3.8, 4) is 0 Å². The molecule has 8 amide bonds. The second-order valence-electron chi connectivity index (χ2n) is 5.54. The zero-order chi connectivity index (χ0) is 21.4. The molecule has 0 bridgehead atoms. The standard InChI is InChI=1S/C10H14N6O10S2/c1-27(23,24)16-3-2-14(10(16)22)7(18)12-28(25,26)13-8(19)15-4-5(6(15)17)11-9(20)21/h5,11H,2-4H2,1H3,(H,12,18)(H,13,19)(H,20,21)/t5-/m0/s1. The maximum atomic E-state index is 11.9. The molecule has 1 atom stereocenters. The Hall–Kier alpha value is -3.15. The molecule has 156 valence electrons. The van der Waals surface area contributed by atoms with Crippen molar-refractivity contribution in [3.63, 3.8) is 0 Å². The van der Waals surface area contributed by atoms with Gasteiger partial charge in [0.15, 0.2) is 0 Å². The van der Waals surface area contributed by atoms with E-state index in [0.29, 0.717) is 14.1 Å². The first kappa shape index (κ1) is 21.2. The summed E-state index contributed by atoms with van der Waals surface area (Å²) in [6.07, 6.45) is -0.795. The fraction of sp³-hybridized carbons (Fsp3) is 0.500. The second kappa shape index (κ2) is 7.11. The van der Waals surface area contributed by atoms with E-state index >= 15 is 0 Å². The number of carboxylic acid groups (broad SMARTS) is 1. The van der Waals surface area contributed by atoms with Gasteiger partial charge in [-0.1, -0.05) is 0 Å². The van der Waals surface area contributed by atoms with Gasteiger partial charge in [-0.05, 0) is 0 Å². The van der Waals surface area contributed by atoms with E-state index in [4.69, 9.17) is 5.11 Å². The smallest absolute Gasteiger partial charge is 0.405 e. The zero-order valence-electron chi connectivity index (χ0n) is 14.0. The summed E-state index contributed by atoms with van der Waals surface area (Å²) in [5, 5.41) is 10.3. The molecule has 4 N–H and O–H groups in total. The van der Waals surface area contributed by atoms with Gasteiger partial charge >= 0.3 is 34.4 Å². The molecule has 0 aromatic carbocycles. The summed E-state index contributed by atoms with van der Waals surface area (Å²) in [5.41, 5.74) is 0. The summed E-state index contributed by atoms with van der Waals surface area (Å²) in [6, 6.07) is -5.47. The van der Waals surface area contributed by atoms with E-state index in [1.807, 2.05) is 0 Å². The minimum absolute atomic E-state index is 0.298. The van der Waals surface area contributed by atoms with Crippen LogP contribution < -0.4 is 14.8 Å². The molecular weight excluding hydrogens is 428 g/mol. The monoisotopic (exact) mass is 442 g/mol. The Morgan fingerprint density at radius 3 is 1.96 bits per heavy atom. The molecule has 0 aromatic heterocycles. The quantitative estimate of drug-likeness (QED) is 0.320. The number of carbonyl (C=O) groups excluding carboxylic acids is 4. The van der Waals surface area contributed by atoms with Crippen LogP contribution in [-0.2, 0) is 25.0 Å². The number of hydrogen-bond donors (Lipinski definition) is 4. The SMILES string of the molecule is CS(=O)(=O)N1CCN(C(=O)NS(=O)(=O)NC(=O)N2C[C@H](NC(=O)O)C2=O)C1=O. The largest absolute Gasteiger partial charge is 0.465 e. The average molecular weight is 442 g/mol. The Balaban J connectivity index is 1.95. The van der Waals surface area contributed by atoms with E-state index in [0.717, 1.165) is 6.26 Å². The van der Waals surface area contributed by atoms with Crippen LogP contribution in [0.4, 0.5) is 19.2 Å². The second-order valence-corrected chi connectivity index (χ2v) is 8.86. The maximum Gasteiger partial charge on any atom is 0.405 e. The number of β-lactam (4-membered cyclic amide) rings is 1. The number of nitrogens with one attached hydrogen (secondary N) is 3. The molecule has 0 saturated carbocycles. The van der Waals surface area contributed by atoms with Crippen molar-refractivity contribution in [1.29, 1.82) is 0 Å². The van der Waals surface area contributed by atoms with Gasteiger partial charge in [0.25, 0.3) is 5.91 Å². The third-order valence-corrected chi connectivity index (χ3v) is 5.56. The van der Waals surface area contributed by atoms with Crippen molar-refractivity contribution < 1.29 is 45.9 Å². The first-order valence-electron chi connectivity index (χ1n) is 7.21. The number of carbonyl (C=O) groups is 5. The minimum atomic E-state index is -4.87. The normalized spacial score (nSPS) is 19.9. The van der Waals surface area contributed by atoms with Gasteiger partial charge < -0.3 is 10.4 Å². The van der Waals surface area contributed by atoms with Crippen molar-refractivity contribution in [2.75, 3.05) is 25.9 Å². The van der Waals surface area contributed by atoms with Crippen LogP contribution in [0.1, 0.15) is 0 Å². The number of urea groups is 3. The molecule has 2 aliphatic rings. The lowest BCUT2D eigenvalue weighted by Gasteiger charge is -2.35. The van der Waals surface area contributed by atoms with Crippen LogP contribution in [0.15, 0.2) is 0 Å². The Morgan fingerprint density at radius 2 is 1.54 bits per heavy atom. The molecule has 0 unspecified atom stereocenters. The summed E-state index contributed by atoms with van der Waals surface area (Å²) in [4.78, 5) is 58.2. The van der Waals surface area contributed by atoms with Crippen LogP contribution in [0.5, 0.6) is 0 Å². The summed E-state index contributed by atoms with van der Waals surface area (Å²) >= 11 is 0. The molecule has 28 heavy (non-hydrogen) atoms. The highest BCUT2D eigenvalue weighted by Crippen LogP contribution is 2.13. The third kappa shape index (κ3) is 4.39. The molecular formula is C10H14N6O10S2. The molecule has 2 aliphatic heterocycles. The molecule has 2 saturated heterocycles. The first-order valence-corrected chi connectivity index (χ1v) is 10.5. The van der Waals surface area contributed by atoms with Crippen molar-refractivity contribution in [1.82, 2.24) is 28.9 Å². The summed E-state index contributed by atoms with van der Waals surface area (Å²) in [5.74, 6) is -1.01. The van der Waals surface area contributed by atoms with E-state index in [9.17, 15) is 40.8 Å². The van der Waals surface area contributed by atoms with Crippen LogP contribution in [0.3, 0.4) is 0 Å². The summed E-state index contributed by atoms with van der Waals surface area (Å²) in [7, 11) is -8.83. The Morgan fingerprint density at radius 1 is 1.00 bits per heavy atom. The van der Waals surface area contributed by atoms with Gasteiger partial charge in [-0.3, -0.25) is 9.69 Å². The minimum Gasteiger partial charge on any atom is -0.465 e. The number of imide groups is 2. The predicted molar refractivity (Wildman–Crippen MR) is 86.3 cm³/mol. The molecule has 0 aromatic rings. The van der Waals surface area contributed by atoms with Gasteiger partial charge in [-0.2, -0.15) is 8.42 Å². The fourth-order valence-electron chi connectivity index (χ4n) is 2.24.